The van der Waals surface area contributed by atoms with Gasteiger partial charge in [-0.1, -0.05) is 17.7 Å². The van der Waals surface area contributed by atoms with E-state index in [1.165, 1.54) is 41.7 Å². The Hall–Kier alpha value is -2.03. The van der Waals surface area contributed by atoms with E-state index in [4.69, 9.17) is 11.6 Å². The van der Waals surface area contributed by atoms with Gasteiger partial charge in [-0.2, -0.15) is 0 Å². The summed E-state index contributed by atoms with van der Waals surface area (Å²) in [6, 6.07) is 9.63. The Morgan fingerprint density at radius 2 is 1.80 bits per heavy atom. The minimum absolute atomic E-state index is 0.0902. The Morgan fingerprint density at radius 3 is 2.47 bits per heavy atom. The molecule has 0 amide bonds. The first-order valence-corrected chi connectivity index (χ1v) is 12.3. The highest BCUT2D eigenvalue weighted by molar-refractivity contribution is 7.92. The molecule has 0 aliphatic carbocycles. The number of hydrogen-bond acceptors (Lipinski definition) is 5. The van der Waals surface area contributed by atoms with Crippen LogP contribution in [-0.2, 0) is 16.3 Å². The van der Waals surface area contributed by atoms with Crippen molar-refractivity contribution in [2.75, 3.05) is 18.0 Å². The Kier molecular flexibility index (Phi) is 6.09. The van der Waals surface area contributed by atoms with Crippen molar-refractivity contribution in [1.82, 2.24) is 4.98 Å². The molecule has 0 bridgehead atoms. The van der Waals surface area contributed by atoms with Crippen LogP contribution in [0, 0.1) is 11.6 Å². The molecule has 1 aromatic heterocycles. The van der Waals surface area contributed by atoms with Crippen molar-refractivity contribution in [2.45, 2.75) is 29.4 Å². The van der Waals surface area contributed by atoms with Crippen LogP contribution in [0.2, 0.25) is 5.02 Å². The van der Waals surface area contributed by atoms with Gasteiger partial charge in [-0.15, -0.1) is 11.3 Å². The maximum atomic E-state index is 13.3. The lowest BCUT2D eigenvalue weighted by molar-refractivity contribution is 0.529. The number of hydrogen-bond donors (Lipinski definition) is 0. The van der Waals surface area contributed by atoms with Crippen molar-refractivity contribution in [2.24, 2.45) is 0 Å². The Labute approximate surface area is 183 Å². The summed E-state index contributed by atoms with van der Waals surface area (Å²) in [6.07, 6.45) is 1.52. The fourth-order valence-corrected chi connectivity index (χ4v) is 6.37. The van der Waals surface area contributed by atoms with E-state index in [0.717, 1.165) is 16.4 Å². The molecule has 2 aromatic carbocycles. The molecule has 1 aliphatic rings. The van der Waals surface area contributed by atoms with Crippen LogP contribution >= 0.6 is 22.9 Å². The predicted molar refractivity (Wildman–Crippen MR) is 115 cm³/mol. The van der Waals surface area contributed by atoms with Crippen molar-refractivity contribution in [1.29, 1.82) is 0 Å². The van der Waals surface area contributed by atoms with Gasteiger partial charge < -0.3 is 4.90 Å². The number of nitrogens with zero attached hydrogens (tertiary/aromatic N) is 2. The first-order valence-electron chi connectivity index (χ1n) is 9.45. The van der Waals surface area contributed by atoms with Gasteiger partial charge in [-0.05, 0) is 54.8 Å². The zero-order valence-electron chi connectivity index (χ0n) is 15.9. The molecule has 30 heavy (non-hydrogen) atoms. The smallest absolute Gasteiger partial charge is 0.185 e. The van der Waals surface area contributed by atoms with E-state index < -0.39 is 26.7 Å². The van der Waals surface area contributed by atoms with E-state index >= 15 is 0 Å². The molecule has 2 heterocycles. The maximum absolute atomic E-state index is 13.3. The highest BCUT2D eigenvalue weighted by atomic mass is 35.5. The molecule has 4 nitrogen and oxygen atoms in total. The molecule has 4 rings (SSSR count). The predicted octanol–water partition coefficient (Wildman–Crippen LogP) is 5.11. The Morgan fingerprint density at radius 1 is 1.10 bits per heavy atom. The molecule has 1 aliphatic heterocycles. The van der Waals surface area contributed by atoms with Gasteiger partial charge in [0.25, 0.3) is 0 Å². The lowest BCUT2D eigenvalue weighted by Crippen LogP contribution is -2.39. The fraction of sp³-hybridized carbons (Fsp3) is 0.286. The fourth-order valence-electron chi connectivity index (χ4n) is 3.56. The summed E-state index contributed by atoms with van der Waals surface area (Å²) in [5.74, 6) is -0.899. The van der Waals surface area contributed by atoms with Gasteiger partial charge in [0.15, 0.2) is 15.0 Å². The van der Waals surface area contributed by atoms with Crippen molar-refractivity contribution in [3.8, 4) is 0 Å². The third-order valence-corrected chi connectivity index (χ3v) is 8.72. The first kappa shape index (κ1) is 21.2. The maximum Gasteiger partial charge on any atom is 0.185 e. The van der Waals surface area contributed by atoms with Crippen LogP contribution in [0.5, 0.6) is 0 Å². The van der Waals surface area contributed by atoms with E-state index in [-0.39, 0.29) is 9.92 Å². The topological polar surface area (TPSA) is 50.3 Å². The highest BCUT2D eigenvalue weighted by Gasteiger charge is 2.32. The van der Waals surface area contributed by atoms with Crippen molar-refractivity contribution < 1.29 is 17.2 Å². The molecule has 0 radical (unpaired) electrons. The zero-order valence-corrected chi connectivity index (χ0v) is 18.3. The first-order chi connectivity index (χ1) is 14.3. The lowest BCUT2D eigenvalue weighted by Gasteiger charge is -2.31. The second-order valence-corrected chi connectivity index (χ2v) is 10.7. The summed E-state index contributed by atoms with van der Waals surface area (Å²) in [5.41, 5.74) is 1.74. The number of anilines is 1. The molecule has 0 spiro atoms. The number of benzene rings is 2. The number of piperidine rings is 1. The summed E-state index contributed by atoms with van der Waals surface area (Å²) in [7, 11) is -3.48. The third-order valence-electron chi connectivity index (χ3n) is 5.20. The summed E-state index contributed by atoms with van der Waals surface area (Å²) in [5, 5.41) is 2.40. The van der Waals surface area contributed by atoms with Gasteiger partial charge in [0.05, 0.1) is 20.9 Å². The molecule has 9 heteroatoms. The number of rotatable bonds is 5. The van der Waals surface area contributed by atoms with E-state index in [9.17, 15) is 17.2 Å². The molecule has 1 saturated heterocycles. The molecule has 3 aromatic rings. The average molecular weight is 469 g/mol. The molecule has 1 fully saturated rings. The molecular formula is C21H19ClF2N2O2S2. The number of aromatic nitrogens is 1. The van der Waals surface area contributed by atoms with Crippen molar-refractivity contribution >= 4 is 37.9 Å². The Balaban J connectivity index is 1.40. The molecule has 0 atom stereocenters. The SMILES string of the molecule is O=S(=O)(c1ccc(F)cc1)C1CCN(c2nc(Cc3ccc(F)c(Cl)c3)cs2)CC1. The molecular weight excluding hydrogens is 450 g/mol. The highest BCUT2D eigenvalue weighted by Crippen LogP contribution is 2.30. The van der Waals surface area contributed by atoms with Gasteiger partial charge in [0.1, 0.15) is 11.6 Å². The van der Waals surface area contributed by atoms with Crippen LogP contribution < -0.4 is 4.90 Å². The van der Waals surface area contributed by atoms with Crippen LogP contribution in [0.15, 0.2) is 52.7 Å². The van der Waals surface area contributed by atoms with Crippen LogP contribution in [0.3, 0.4) is 0 Å². The minimum atomic E-state index is -3.48. The van der Waals surface area contributed by atoms with E-state index in [2.05, 4.69) is 9.88 Å². The standard InChI is InChI=1S/C21H19ClF2N2O2S2/c22-19-12-14(1-6-20(19)24)11-16-13-29-21(25-16)26-9-7-18(8-10-26)30(27,28)17-4-2-15(23)3-5-17/h1-6,12-13,18H,7-11H2. The quantitative estimate of drug-likeness (QED) is 0.488. The van der Waals surface area contributed by atoms with Crippen molar-refractivity contribution in [3.63, 3.8) is 0 Å². The van der Waals surface area contributed by atoms with Crippen LogP contribution in [0.1, 0.15) is 24.1 Å². The summed E-state index contributed by atoms with van der Waals surface area (Å²) >= 11 is 7.35. The second-order valence-electron chi connectivity index (χ2n) is 7.23. The zero-order chi connectivity index (χ0) is 21.3. The van der Waals surface area contributed by atoms with Crippen LogP contribution in [0.4, 0.5) is 13.9 Å². The normalized spacial score (nSPS) is 15.5. The summed E-state index contributed by atoms with van der Waals surface area (Å²) in [4.78, 5) is 6.90. The molecule has 0 saturated carbocycles. The summed E-state index contributed by atoms with van der Waals surface area (Å²) < 4.78 is 52.0. The van der Waals surface area contributed by atoms with Gasteiger partial charge >= 0.3 is 0 Å². The minimum Gasteiger partial charge on any atom is -0.348 e. The molecule has 0 unspecified atom stereocenters. The largest absolute Gasteiger partial charge is 0.348 e. The van der Waals surface area contributed by atoms with Gasteiger partial charge in [0, 0.05) is 24.9 Å². The second kappa shape index (κ2) is 8.61. The van der Waals surface area contributed by atoms with Crippen LogP contribution in [0.25, 0.3) is 0 Å². The van der Waals surface area contributed by atoms with Gasteiger partial charge in [-0.3, -0.25) is 0 Å². The van der Waals surface area contributed by atoms with Gasteiger partial charge in [-0.25, -0.2) is 22.2 Å². The van der Waals surface area contributed by atoms with Crippen molar-refractivity contribution in [3.05, 3.63) is 75.8 Å². The van der Waals surface area contributed by atoms with Crippen LogP contribution in [-0.4, -0.2) is 31.7 Å². The number of halogens is 3. The average Bonchev–Trinajstić information content (AvgIpc) is 3.20. The van der Waals surface area contributed by atoms with E-state index in [0.29, 0.717) is 32.4 Å². The van der Waals surface area contributed by atoms with Gasteiger partial charge in [0.2, 0.25) is 0 Å². The molecule has 0 N–H and O–H groups in total. The monoisotopic (exact) mass is 468 g/mol. The summed E-state index contributed by atoms with van der Waals surface area (Å²) in [6.45, 7) is 1.17. The van der Waals surface area contributed by atoms with E-state index in [1.807, 2.05) is 5.38 Å². The third kappa shape index (κ3) is 4.50. The number of thiazole rings is 1. The molecule has 158 valence electrons. The number of sulfone groups is 1. The van der Waals surface area contributed by atoms with E-state index in [1.54, 1.807) is 12.1 Å². The Bertz CT molecular complexity index is 1140. The lowest BCUT2D eigenvalue weighted by atomic mass is 10.1.